The number of aromatic nitrogens is 4. The van der Waals surface area contributed by atoms with Gasteiger partial charge in [0.05, 0.1) is 44.8 Å². The number of likely N-dealkylation sites (N-methyl/N-ethyl adjacent to an activating group) is 3. The Bertz CT molecular complexity index is 4970. The number of para-hydroxylation sites is 2. The maximum absolute atomic E-state index is 15.0. The number of thioether (sulfide) groups is 1. The fourth-order valence-corrected chi connectivity index (χ4v) is 15.9. The second-order valence-corrected chi connectivity index (χ2v) is 33.3. The lowest BCUT2D eigenvalue weighted by atomic mass is 10.0. The normalized spacial score (nSPS) is 23.7. The van der Waals surface area contributed by atoms with E-state index in [1.165, 1.54) is 40.6 Å². The number of imidazole rings is 1. The highest BCUT2D eigenvalue weighted by molar-refractivity contribution is 8.00. The van der Waals surface area contributed by atoms with Gasteiger partial charge in [0.15, 0.2) is 5.96 Å². The molecule has 3 aromatic carbocycles. The Labute approximate surface area is 747 Å². The molecular formula is C85H118N24O19S. The monoisotopic (exact) mass is 1810 g/mol. The predicted molar refractivity (Wildman–Crippen MR) is 473 cm³/mol. The van der Waals surface area contributed by atoms with E-state index in [9.17, 15) is 86.9 Å². The van der Waals surface area contributed by atoms with E-state index in [4.69, 9.17) is 22.6 Å². The lowest BCUT2D eigenvalue weighted by molar-refractivity contribution is -0.145. The number of benzene rings is 3. The first kappa shape index (κ1) is 101. The number of nitrogens with one attached hydrogen (secondary N) is 16. The lowest BCUT2D eigenvalue weighted by Crippen LogP contribution is -2.61. The zero-order chi connectivity index (χ0) is 94.3. The summed E-state index contributed by atoms with van der Waals surface area (Å²) in [6.45, 7) is 2.75. The molecule has 44 heteroatoms. The lowest BCUT2D eigenvalue weighted by Gasteiger charge is -2.32. The summed E-state index contributed by atoms with van der Waals surface area (Å²) in [5.74, 6) is -18.2. The van der Waals surface area contributed by atoms with Gasteiger partial charge < -0.3 is 126 Å². The number of carbonyl (C=O) groups is 17. The third kappa shape index (κ3) is 29.5. The fourth-order valence-electron chi connectivity index (χ4n) is 15.0. The number of aliphatic hydroxyl groups excluding tert-OH is 2. The van der Waals surface area contributed by atoms with Crippen molar-refractivity contribution in [2.75, 3.05) is 72.0 Å². The Morgan fingerprint density at radius 1 is 0.550 bits per heavy atom. The number of guanidine groups is 1. The van der Waals surface area contributed by atoms with Gasteiger partial charge in [0, 0.05) is 112 Å². The standard InChI is InChI=1S/C85H118N24O19S/c1-8-9-26-66-79(123)98-56(25-17-28-91-85(88)89)74(118)105-65(73(117)94-39-69(87)113)43-129-44-71(115)97-61(31-48-19-11-10-12-20-48)82(126)107(6)47(4)72(116)101-62(35-68(86)112)84(128)109-29-18-27-67(109)80(124)100-59(34-51-38-90-45-95-51)77(121)102-60(30-46(2)3)81(125)106(5)40-70(114)96-57(32-49-36-92-54-23-15-13-21-52(49)54)75(119)103-63(41-110)78(122)99-58(76(120)104-64(42-111)83(127)108(66)7)33-50-37-93-55-24-16-14-22-53(50)55/h10-16,19-24,36-38,45-47,56-67,92-93,110-111H,8-9,17-18,25-35,39-44H2,1-7H3,(H2,86,112)(H2,87,113)(H,90,95)(H,94,117)(H,96,114)(H,97,115)(H,98,123)(H,99,122)(H,100,124)(H,101,116)(H,102,121)(H,103,119)(H,104,120)(H,105,118)(H4,88,89,91)/t47-,56-,57-,58-,59-,60-,61-,62-,63-,64-,65-,66-,67-/m0/s1. The Balaban J connectivity index is 1.16. The SMILES string of the molecule is CCCC[C@H]1C(=O)N[C@@H](CCCNC(=N)N)C(=O)N[C@H](C(=O)NCC(N)=O)CSCC(=O)N[C@@H](Cc2ccccc2)C(=O)N(C)[C@@H](C)C(=O)N[C@@H](CC(N)=O)C(=O)N2CCC[C@H]2C(=O)N[C@@H](Cc2cnc[nH]2)C(=O)N[C@@H](CC(C)C)C(=O)N(C)CC(=O)N[C@@H](Cc2c[nH]c3ccccc23)C(=O)N[C@@H](CO)C(=O)N[C@@H](Cc2c[nH]c3ccccc23)C(=O)N[C@@H](CO)C(=O)N1C. The van der Waals surface area contributed by atoms with E-state index in [2.05, 4.69) is 83.7 Å². The molecule has 6 aromatic rings. The van der Waals surface area contributed by atoms with Crippen LogP contribution in [0.4, 0.5) is 0 Å². The van der Waals surface area contributed by atoms with E-state index in [0.717, 1.165) is 31.4 Å². The quantitative estimate of drug-likeness (QED) is 0.0154. The highest BCUT2D eigenvalue weighted by Gasteiger charge is 2.43. The van der Waals surface area contributed by atoms with E-state index >= 15 is 4.79 Å². The van der Waals surface area contributed by atoms with Gasteiger partial charge in [-0.1, -0.05) is 100 Å². The number of H-pyrrole nitrogens is 3. The highest BCUT2D eigenvalue weighted by atomic mass is 32.2. The molecule has 129 heavy (non-hydrogen) atoms. The summed E-state index contributed by atoms with van der Waals surface area (Å²) in [4.78, 5) is 263. The van der Waals surface area contributed by atoms with E-state index < -0.39 is 229 Å². The second kappa shape index (κ2) is 49.0. The fraction of sp³-hybridized carbons (Fsp3) is 0.494. The first-order chi connectivity index (χ1) is 61.5. The average Bonchev–Trinajstić information content (AvgIpc) is 1.63. The topological polar surface area (TPSA) is 650 Å². The molecule has 43 nitrogen and oxygen atoms in total. The molecule has 2 aliphatic heterocycles. The third-order valence-electron chi connectivity index (χ3n) is 22.0. The van der Waals surface area contributed by atoms with Gasteiger partial charge in [0.2, 0.25) is 100 Å². The van der Waals surface area contributed by atoms with Crippen LogP contribution in [0.25, 0.3) is 21.8 Å². The van der Waals surface area contributed by atoms with Crippen LogP contribution in [0.15, 0.2) is 104 Å². The summed E-state index contributed by atoms with van der Waals surface area (Å²) in [7, 11) is 3.71. The summed E-state index contributed by atoms with van der Waals surface area (Å²) >= 11 is 0.769. The molecule has 3 aromatic heterocycles. The van der Waals surface area contributed by atoms with Gasteiger partial charge in [-0.15, -0.1) is 11.8 Å². The maximum Gasteiger partial charge on any atom is 0.247 e. The molecule has 17 amide bonds. The van der Waals surface area contributed by atoms with Crippen molar-refractivity contribution in [1.29, 1.82) is 5.41 Å². The largest absolute Gasteiger partial charge is 0.394 e. The smallest absolute Gasteiger partial charge is 0.247 e. The first-order valence-corrected chi connectivity index (χ1v) is 43.6. The molecule has 2 saturated heterocycles. The van der Waals surface area contributed by atoms with Crippen molar-refractivity contribution in [3.8, 4) is 0 Å². The number of amides is 17. The number of unbranched alkanes of at least 4 members (excludes halogenated alkanes) is 1. The van der Waals surface area contributed by atoms with Crippen LogP contribution >= 0.6 is 11.8 Å². The van der Waals surface area contributed by atoms with Gasteiger partial charge in [-0.3, -0.25) is 86.9 Å². The van der Waals surface area contributed by atoms with Crippen LogP contribution in [0.5, 0.6) is 0 Å². The summed E-state index contributed by atoms with van der Waals surface area (Å²) in [5.41, 5.74) is 19.7. The van der Waals surface area contributed by atoms with Crippen molar-refractivity contribution < 1.29 is 91.7 Å². The van der Waals surface area contributed by atoms with Crippen LogP contribution in [0.3, 0.4) is 0 Å². The summed E-state index contributed by atoms with van der Waals surface area (Å²) in [5, 5.41) is 62.1. The van der Waals surface area contributed by atoms with Crippen LogP contribution < -0.4 is 81.0 Å². The van der Waals surface area contributed by atoms with Gasteiger partial charge in [-0.2, -0.15) is 0 Å². The molecule has 0 radical (unpaired) electrons. The van der Waals surface area contributed by atoms with Gasteiger partial charge in [0.25, 0.3) is 0 Å². The molecule has 0 saturated carbocycles. The maximum atomic E-state index is 15.0. The summed E-state index contributed by atoms with van der Waals surface area (Å²) in [6.07, 6.45) is 4.58. The van der Waals surface area contributed by atoms with Crippen LogP contribution in [0.1, 0.15) is 108 Å². The van der Waals surface area contributed by atoms with Crippen molar-refractivity contribution >= 4 is 140 Å². The van der Waals surface area contributed by atoms with Gasteiger partial charge in [-0.05, 0) is 80.2 Å². The van der Waals surface area contributed by atoms with Crippen molar-refractivity contribution in [3.63, 3.8) is 0 Å². The number of rotatable bonds is 24. The van der Waals surface area contributed by atoms with Crippen molar-refractivity contribution in [1.82, 2.24) is 103 Å². The second-order valence-electron chi connectivity index (χ2n) is 32.3. The summed E-state index contributed by atoms with van der Waals surface area (Å²) < 4.78 is 0. The Kier molecular flexibility index (Phi) is 38.3. The van der Waals surface area contributed by atoms with Crippen LogP contribution in [-0.4, -0.2) is 307 Å². The van der Waals surface area contributed by atoms with E-state index in [1.54, 1.807) is 112 Å². The minimum Gasteiger partial charge on any atom is -0.394 e. The molecule has 0 spiro atoms. The van der Waals surface area contributed by atoms with Crippen molar-refractivity contribution in [3.05, 3.63) is 126 Å². The van der Waals surface area contributed by atoms with Crippen molar-refractivity contribution in [2.24, 2.45) is 23.1 Å². The molecule has 0 bridgehead atoms. The first-order valence-electron chi connectivity index (χ1n) is 42.4. The minimum atomic E-state index is -1.90. The highest BCUT2D eigenvalue weighted by Crippen LogP contribution is 2.25. The zero-order valence-corrected chi connectivity index (χ0v) is 73.8. The van der Waals surface area contributed by atoms with Crippen LogP contribution in [0, 0.1) is 11.3 Å². The number of carbonyl (C=O) groups excluding carboxylic acids is 17. The Hall–Kier alpha value is -13.5. The van der Waals surface area contributed by atoms with E-state index in [-0.39, 0.29) is 89.6 Å². The number of nitrogens with zero attached hydrogens (tertiary/aromatic N) is 5. The molecule has 0 unspecified atom stereocenters. The molecule has 698 valence electrons. The molecule has 8 rings (SSSR count). The van der Waals surface area contributed by atoms with Crippen molar-refractivity contribution in [2.45, 2.75) is 190 Å². The number of fused-ring (bicyclic) bond motifs is 3. The van der Waals surface area contributed by atoms with E-state index in [1.807, 2.05) is 0 Å². The summed E-state index contributed by atoms with van der Waals surface area (Å²) in [6, 6.07) is 1.62. The Morgan fingerprint density at radius 3 is 1.68 bits per heavy atom. The predicted octanol–water partition coefficient (Wildman–Crippen LogP) is -4.68. The molecule has 2 aliphatic rings. The average molecular weight is 1810 g/mol. The van der Waals surface area contributed by atoms with Gasteiger partial charge >= 0.3 is 0 Å². The number of hydrogen-bond donors (Lipinski definition) is 21. The molecule has 5 heterocycles. The van der Waals surface area contributed by atoms with Crippen LogP contribution in [0.2, 0.25) is 0 Å². The number of aliphatic hydroxyl groups is 2. The third-order valence-corrected chi connectivity index (χ3v) is 23.1. The Morgan fingerprint density at radius 2 is 1.09 bits per heavy atom. The van der Waals surface area contributed by atoms with Gasteiger partial charge in [-0.25, -0.2) is 4.98 Å². The number of hydrogen-bond acceptors (Lipinski definition) is 22. The molecule has 0 aliphatic carbocycles. The van der Waals surface area contributed by atoms with Gasteiger partial charge in [0.1, 0.15) is 78.5 Å². The molecule has 2 fully saturated rings. The number of nitrogens with two attached hydrogens (primary N) is 3. The van der Waals surface area contributed by atoms with Crippen LogP contribution in [-0.2, 0) is 107 Å². The zero-order valence-electron chi connectivity index (χ0n) is 73.0. The molecule has 24 N–H and O–H groups in total. The number of aromatic amines is 3. The molecular weight excluding hydrogens is 1690 g/mol. The van der Waals surface area contributed by atoms with E-state index in [0.29, 0.717) is 50.6 Å². The molecule has 13 atom stereocenters. The minimum absolute atomic E-state index is 0.00801. The number of primary amides is 2.